The van der Waals surface area contributed by atoms with E-state index in [4.69, 9.17) is 0 Å². The summed E-state index contributed by atoms with van der Waals surface area (Å²) in [6, 6.07) is 0. The normalized spacial score (nSPS) is 12.6. The van der Waals surface area contributed by atoms with Gasteiger partial charge in [-0.15, -0.1) is 6.42 Å². The second kappa shape index (κ2) is 5.96. The van der Waals surface area contributed by atoms with E-state index in [1.54, 1.807) is 0 Å². The Bertz CT molecular complexity index is 66.1. The maximum atomic E-state index is 2.99. The van der Waals surface area contributed by atoms with Gasteiger partial charge >= 0.3 is 0 Å². The molecule has 0 saturated heterocycles. The van der Waals surface area contributed by atoms with Crippen LogP contribution in [0.3, 0.4) is 0 Å². The molecule has 1 nitrogen and oxygen atoms in total. The van der Waals surface area contributed by atoms with Gasteiger partial charge in [-0.3, -0.25) is 6.08 Å². The van der Waals surface area contributed by atoms with Gasteiger partial charge in [0, 0.05) is 17.1 Å². The first kappa shape index (κ1) is 10.0. The van der Waals surface area contributed by atoms with Crippen LogP contribution in [0, 0.1) is 6.08 Å². The second-order valence-corrected chi connectivity index (χ2v) is 1.00. The van der Waals surface area contributed by atoms with E-state index in [0.717, 1.165) is 6.42 Å². The average molecular weight is 139 g/mol. The molecule has 2 heteroatoms. The van der Waals surface area contributed by atoms with Crippen LogP contribution in [0.2, 0.25) is 0 Å². The van der Waals surface area contributed by atoms with Crippen molar-refractivity contribution < 1.29 is 22.5 Å². The van der Waals surface area contributed by atoms with Crippen LogP contribution in [0.15, 0.2) is 18.2 Å². The molecule has 0 saturated carbocycles. The Balaban J connectivity index is 0. The van der Waals surface area contributed by atoms with Gasteiger partial charge in [0.2, 0.25) is 0 Å². The molecular weight excluding hydrogens is 132 g/mol. The van der Waals surface area contributed by atoms with Crippen LogP contribution in [0.1, 0.15) is 6.42 Å². The Morgan fingerprint density at radius 2 is 2.14 bits per heavy atom. The van der Waals surface area contributed by atoms with Crippen molar-refractivity contribution in [2.24, 2.45) is 0 Å². The van der Waals surface area contributed by atoms with Crippen LogP contribution in [0.25, 0.3) is 0 Å². The topological polar surface area (TPSA) is 31.5 Å². The summed E-state index contributed by atoms with van der Waals surface area (Å²) in [6.45, 7) is 0. The van der Waals surface area contributed by atoms with E-state index in [1.165, 1.54) is 0 Å². The summed E-state index contributed by atoms with van der Waals surface area (Å²) in [6.07, 6.45) is 10.0. The Labute approximate surface area is 53.9 Å². The number of hydrogen-bond donors (Lipinski definition) is 0. The molecule has 7 heavy (non-hydrogen) atoms. The van der Waals surface area contributed by atoms with E-state index >= 15 is 0 Å². The summed E-state index contributed by atoms with van der Waals surface area (Å²) in [5.41, 5.74) is 0. The summed E-state index contributed by atoms with van der Waals surface area (Å²) in [5, 5.41) is 0. The van der Waals surface area contributed by atoms with Gasteiger partial charge in [-0.25, -0.2) is 12.2 Å². The van der Waals surface area contributed by atoms with Crippen molar-refractivity contribution in [1.29, 1.82) is 0 Å². The van der Waals surface area contributed by atoms with Crippen LogP contribution in [-0.4, -0.2) is 5.48 Å². The average Bonchev–Trinajstić information content (AvgIpc) is 1.76. The quantitative estimate of drug-likeness (QED) is 0.345. The van der Waals surface area contributed by atoms with Crippen LogP contribution in [0.4, 0.5) is 0 Å². The standard InChI is InChI=1S/C5H5.Fe.H2O/c1-2-4-5-3-1;;/h1-3H,4H2;;1H2/q-1;;. The third kappa shape index (κ3) is 3.80. The molecule has 0 radical (unpaired) electrons. The third-order valence-corrected chi connectivity index (χ3v) is 0.586. The molecule has 0 aromatic carbocycles. The summed E-state index contributed by atoms with van der Waals surface area (Å²) in [4.78, 5) is 0. The molecule has 0 atom stereocenters. The first-order valence-electron chi connectivity index (χ1n) is 1.72. The van der Waals surface area contributed by atoms with Gasteiger partial charge in [0.1, 0.15) is 0 Å². The summed E-state index contributed by atoms with van der Waals surface area (Å²) < 4.78 is 0. The van der Waals surface area contributed by atoms with Crippen LogP contribution in [-0.2, 0) is 17.1 Å². The Kier molecular flexibility index (Phi) is 8.56. The van der Waals surface area contributed by atoms with Crippen molar-refractivity contribution in [3.63, 3.8) is 0 Å². The molecule has 0 aromatic rings. The molecule has 42 valence electrons. The minimum Gasteiger partial charge on any atom is -0.412 e. The van der Waals surface area contributed by atoms with Gasteiger partial charge in [0.25, 0.3) is 0 Å². The largest absolute Gasteiger partial charge is 0.412 e. The molecule has 2 N–H and O–H groups in total. The smallest absolute Gasteiger partial charge is 0 e. The molecule has 0 bridgehead atoms. The molecule has 0 aliphatic heterocycles. The zero-order valence-corrected chi connectivity index (χ0v) is 4.90. The number of rotatable bonds is 0. The third-order valence-electron chi connectivity index (χ3n) is 0.586. The van der Waals surface area contributed by atoms with Crippen LogP contribution >= 0.6 is 0 Å². The Hall–Kier alpha value is -0.0405. The van der Waals surface area contributed by atoms with Gasteiger partial charge < -0.3 is 5.48 Å². The molecule has 0 aromatic heterocycles. The van der Waals surface area contributed by atoms with Crippen molar-refractivity contribution in [3.05, 3.63) is 24.3 Å². The fraction of sp³-hybridized carbons (Fsp3) is 0.200. The van der Waals surface area contributed by atoms with E-state index in [1.807, 2.05) is 12.2 Å². The molecule has 1 aliphatic carbocycles. The summed E-state index contributed by atoms with van der Waals surface area (Å²) in [5.74, 6) is 0. The summed E-state index contributed by atoms with van der Waals surface area (Å²) in [7, 11) is 0. The molecule has 1 aliphatic rings. The monoisotopic (exact) mass is 139 g/mol. The van der Waals surface area contributed by atoms with Crippen molar-refractivity contribution >= 4 is 0 Å². The number of hydrogen-bond acceptors (Lipinski definition) is 0. The maximum Gasteiger partial charge on any atom is 0 e. The Morgan fingerprint density at radius 3 is 2.29 bits per heavy atom. The van der Waals surface area contributed by atoms with Gasteiger partial charge in [-0.05, 0) is 0 Å². The van der Waals surface area contributed by atoms with Gasteiger partial charge in [0.15, 0.2) is 0 Å². The molecule has 1 rings (SSSR count). The summed E-state index contributed by atoms with van der Waals surface area (Å²) >= 11 is 0. The zero-order valence-electron chi connectivity index (χ0n) is 3.79. The number of allylic oxidation sites excluding steroid dienone is 4. The maximum absolute atomic E-state index is 2.99. The van der Waals surface area contributed by atoms with Gasteiger partial charge in [0.05, 0.1) is 0 Å². The van der Waals surface area contributed by atoms with Crippen molar-refractivity contribution in [2.75, 3.05) is 0 Å². The van der Waals surface area contributed by atoms with Crippen molar-refractivity contribution in [2.45, 2.75) is 6.42 Å². The predicted octanol–water partition coefficient (Wildman–Crippen LogP) is 0.478. The van der Waals surface area contributed by atoms with Crippen LogP contribution in [0.5, 0.6) is 0 Å². The van der Waals surface area contributed by atoms with Gasteiger partial charge in [-0.1, -0.05) is 0 Å². The predicted molar refractivity (Wildman–Crippen MR) is 25.2 cm³/mol. The van der Waals surface area contributed by atoms with E-state index in [-0.39, 0.29) is 22.5 Å². The first-order valence-corrected chi connectivity index (χ1v) is 1.72. The van der Waals surface area contributed by atoms with Crippen LogP contribution < -0.4 is 0 Å². The minimum absolute atomic E-state index is 0. The SMILES string of the molecule is O.[C-]1=CC=CC1.[Fe]. The molecule has 0 heterocycles. The molecule has 0 spiro atoms. The molecular formula is C5H7FeO-. The van der Waals surface area contributed by atoms with Crippen molar-refractivity contribution in [1.82, 2.24) is 0 Å². The van der Waals surface area contributed by atoms with E-state index < -0.39 is 0 Å². The Morgan fingerprint density at radius 1 is 1.43 bits per heavy atom. The van der Waals surface area contributed by atoms with E-state index in [0.29, 0.717) is 0 Å². The zero-order chi connectivity index (χ0) is 3.54. The van der Waals surface area contributed by atoms with Gasteiger partial charge in [-0.2, -0.15) is 6.08 Å². The fourth-order valence-electron chi connectivity index (χ4n) is 0.340. The van der Waals surface area contributed by atoms with E-state index in [9.17, 15) is 0 Å². The van der Waals surface area contributed by atoms with Crippen molar-refractivity contribution in [3.8, 4) is 0 Å². The first-order chi connectivity index (χ1) is 2.50. The molecule has 0 unspecified atom stereocenters. The molecule has 0 fully saturated rings. The van der Waals surface area contributed by atoms with E-state index in [2.05, 4.69) is 12.2 Å². The molecule has 0 amide bonds. The fourth-order valence-corrected chi connectivity index (χ4v) is 0.340. The second-order valence-electron chi connectivity index (χ2n) is 1.00. The minimum atomic E-state index is 0.